The summed E-state index contributed by atoms with van der Waals surface area (Å²) < 4.78 is 2.34. The zero-order chi connectivity index (χ0) is 44.2. The molecule has 14 aromatic rings. The van der Waals surface area contributed by atoms with Crippen LogP contribution in [-0.2, 0) is 0 Å². The maximum absolute atomic E-state index is 10.1. The summed E-state index contributed by atoms with van der Waals surface area (Å²) in [5.41, 5.74) is 14.2. The molecule has 3 nitrogen and oxygen atoms in total. The molecule has 0 saturated carbocycles. The molecule has 0 radical (unpaired) electrons. The number of para-hydroxylation sites is 2. The summed E-state index contributed by atoms with van der Waals surface area (Å²) in [5, 5.41) is 25.5. The van der Waals surface area contributed by atoms with Crippen LogP contribution in [0.5, 0.6) is 0 Å². The molecule has 0 fully saturated rings. The van der Waals surface area contributed by atoms with Crippen LogP contribution < -0.4 is 0 Å². The van der Waals surface area contributed by atoms with E-state index in [0.717, 1.165) is 55.3 Å². The molecule has 12 aromatic carbocycles. The fourth-order valence-electron chi connectivity index (χ4n) is 11.2. The van der Waals surface area contributed by atoms with E-state index in [-0.39, 0.29) is 0 Å². The monoisotopic (exact) mass is 847 g/mol. The molecule has 0 aliphatic carbocycles. The first-order chi connectivity index (χ1) is 33.2. The van der Waals surface area contributed by atoms with Crippen LogP contribution in [0, 0.1) is 11.3 Å². The van der Waals surface area contributed by atoms with Crippen molar-refractivity contribution >= 4 is 86.6 Å². The van der Waals surface area contributed by atoms with Crippen LogP contribution >= 0.6 is 0 Å². The SMILES string of the molecule is N#Cc1cc2ccc3cc(-c4ccc5c(-c6cccc7ccccc67)c6cc(-c7cccc8cccnc78)ccc6c(-c6cccc7ccccc67)c5c4)cc4c3c2c(c1)n4-c1ccccc1. The van der Waals surface area contributed by atoms with Crippen molar-refractivity contribution in [3.8, 4) is 56.3 Å². The van der Waals surface area contributed by atoms with Crippen molar-refractivity contribution < 1.29 is 0 Å². The van der Waals surface area contributed by atoms with Gasteiger partial charge in [-0.2, -0.15) is 5.26 Å². The average molecular weight is 848 g/mol. The Morgan fingerprint density at radius 1 is 0.358 bits per heavy atom. The molecule has 0 N–H and O–H groups in total. The van der Waals surface area contributed by atoms with Crippen LogP contribution in [-0.4, -0.2) is 9.55 Å². The van der Waals surface area contributed by atoms with E-state index in [4.69, 9.17) is 4.98 Å². The van der Waals surface area contributed by atoms with Gasteiger partial charge in [-0.1, -0.05) is 164 Å². The average Bonchev–Trinajstić information content (AvgIpc) is 3.73. The normalized spacial score (nSPS) is 11.9. The van der Waals surface area contributed by atoms with Gasteiger partial charge in [-0.05, 0) is 147 Å². The molecule has 308 valence electrons. The number of aromatic nitrogens is 2. The number of nitriles is 1. The molecule has 2 heterocycles. The van der Waals surface area contributed by atoms with Gasteiger partial charge in [0.25, 0.3) is 0 Å². The lowest BCUT2D eigenvalue weighted by Gasteiger charge is -2.21. The molecular weight excluding hydrogens is 811 g/mol. The van der Waals surface area contributed by atoms with Crippen molar-refractivity contribution in [1.29, 1.82) is 5.26 Å². The minimum atomic E-state index is 0.654. The fraction of sp³-hybridized carbons (Fsp3) is 0. The van der Waals surface area contributed by atoms with Crippen molar-refractivity contribution in [3.05, 3.63) is 230 Å². The van der Waals surface area contributed by atoms with Crippen LogP contribution in [0.25, 0.3) is 137 Å². The van der Waals surface area contributed by atoms with E-state index in [1.54, 1.807) is 0 Å². The summed E-state index contributed by atoms with van der Waals surface area (Å²) >= 11 is 0. The van der Waals surface area contributed by atoms with Gasteiger partial charge in [-0.15, -0.1) is 0 Å². The highest BCUT2D eigenvalue weighted by molar-refractivity contribution is 6.28. The lowest BCUT2D eigenvalue weighted by molar-refractivity contribution is 1.18. The highest BCUT2D eigenvalue weighted by Gasteiger charge is 2.23. The molecule has 3 heteroatoms. The van der Waals surface area contributed by atoms with Gasteiger partial charge in [0.1, 0.15) is 0 Å². The number of hydrogen-bond donors (Lipinski definition) is 0. The quantitative estimate of drug-likeness (QED) is 0.128. The molecule has 2 aromatic heterocycles. The van der Waals surface area contributed by atoms with Crippen LogP contribution in [0.2, 0.25) is 0 Å². The van der Waals surface area contributed by atoms with E-state index in [9.17, 15) is 5.26 Å². The van der Waals surface area contributed by atoms with E-state index in [0.29, 0.717) is 5.56 Å². The number of pyridine rings is 1. The molecule has 0 unspecified atom stereocenters. The van der Waals surface area contributed by atoms with E-state index >= 15 is 0 Å². The summed E-state index contributed by atoms with van der Waals surface area (Å²) in [7, 11) is 0. The zero-order valence-electron chi connectivity index (χ0n) is 36.2. The third-order valence-corrected chi connectivity index (χ3v) is 14.1. The number of rotatable bonds is 5. The maximum atomic E-state index is 10.1. The first-order valence-corrected chi connectivity index (χ1v) is 22.8. The summed E-state index contributed by atoms with van der Waals surface area (Å²) in [5.74, 6) is 0. The number of benzene rings is 12. The second kappa shape index (κ2) is 14.5. The highest BCUT2D eigenvalue weighted by Crippen LogP contribution is 2.49. The minimum absolute atomic E-state index is 0.654. The predicted octanol–water partition coefficient (Wildman–Crippen LogP) is 17.1. The Morgan fingerprint density at radius 3 is 1.60 bits per heavy atom. The van der Waals surface area contributed by atoms with Crippen molar-refractivity contribution in [3.63, 3.8) is 0 Å². The third-order valence-electron chi connectivity index (χ3n) is 14.1. The Hall–Kier alpha value is -9.10. The van der Waals surface area contributed by atoms with Crippen molar-refractivity contribution in [2.75, 3.05) is 0 Å². The zero-order valence-corrected chi connectivity index (χ0v) is 36.2. The Balaban J connectivity index is 1.12. The van der Waals surface area contributed by atoms with Gasteiger partial charge in [-0.25, -0.2) is 0 Å². The summed E-state index contributed by atoms with van der Waals surface area (Å²) in [6, 6.07) is 81.9. The Kier molecular flexibility index (Phi) is 8.05. The van der Waals surface area contributed by atoms with Crippen LogP contribution in [0.15, 0.2) is 225 Å². The lowest BCUT2D eigenvalue weighted by Crippen LogP contribution is -1.95. The van der Waals surface area contributed by atoms with Gasteiger partial charge in [0.05, 0.1) is 28.2 Å². The standard InChI is InChI=1S/C64H37N3/c65-38-39-32-45-25-26-46-34-47(37-59-61(46)60(45)58(33-39)67(59)48-18-2-1-3-19-48)43-27-29-54-56(35-43)62(52-23-8-14-40-12-4-6-20-49(40)52)55-30-28-44(51-22-10-16-42-17-11-31-66-64(42)51)36-57(55)63(54)53-24-9-15-41-13-5-7-21-50(41)53/h1-37H. The minimum Gasteiger partial charge on any atom is -0.309 e. The molecule has 14 rings (SSSR count). The van der Waals surface area contributed by atoms with E-state index in [2.05, 4.69) is 211 Å². The van der Waals surface area contributed by atoms with Crippen molar-refractivity contribution in [1.82, 2.24) is 9.55 Å². The van der Waals surface area contributed by atoms with Gasteiger partial charge in [0.2, 0.25) is 0 Å². The molecule has 0 aliphatic heterocycles. The first kappa shape index (κ1) is 37.3. The van der Waals surface area contributed by atoms with E-state index < -0.39 is 0 Å². The van der Waals surface area contributed by atoms with Gasteiger partial charge >= 0.3 is 0 Å². The predicted molar refractivity (Wildman–Crippen MR) is 281 cm³/mol. The largest absolute Gasteiger partial charge is 0.309 e. The van der Waals surface area contributed by atoms with Crippen LogP contribution in [0.4, 0.5) is 0 Å². The van der Waals surface area contributed by atoms with Gasteiger partial charge in [-0.3, -0.25) is 4.98 Å². The van der Waals surface area contributed by atoms with Crippen LogP contribution in [0.1, 0.15) is 5.56 Å². The Bertz CT molecular complexity index is 4380. The molecule has 0 saturated heterocycles. The highest BCUT2D eigenvalue weighted by atomic mass is 15.0. The molecule has 0 atom stereocenters. The lowest BCUT2D eigenvalue weighted by atomic mass is 9.82. The first-order valence-electron chi connectivity index (χ1n) is 22.8. The Labute approximate surface area is 386 Å². The van der Waals surface area contributed by atoms with E-state index in [1.807, 2.05) is 24.4 Å². The number of fused-ring (bicyclic) bond motifs is 5. The molecule has 0 amide bonds. The molecule has 0 spiro atoms. The van der Waals surface area contributed by atoms with Crippen LogP contribution in [0.3, 0.4) is 0 Å². The van der Waals surface area contributed by atoms with Gasteiger partial charge in [0.15, 0.2) is 0 Å². The topological polar surface area (TPSA) is 41.6 Å². The second-order valence-electron chi connectivity index (χ2n) is 17.7. The van der Waals surface area contributed by atoms with E-state index in [1.165, 1.54) is 81.5 Å². The molecular formula is C64H37N3. The number of nitrogens with zero attached hydrogens (tertiary/aromatic N) is 3. The smallest absolute Gasteiger partial charge is 0.0992 e. The van der Waals surface area contributed by atoms with Crippen molar-refractivity contribution in [2.45, 2.75) is 0 Å². The number of hydrogen-bond acceptors (Lipinski definition) is 2. The summed E-state index contributed by atoms with van der Waals surface area (Å²) in [4.78, 5) is 4.91. The molecule has 67 heavy (non-hydrogen) atoms. The molecule has 0 bridgehead atoms. The third kappa shape index (κ3) is 5.61. The second-order valence-corrected chi connectivity index (χ2v) is 17.7. The van der Waals surface area contributed by atoms with Crippen molar-refractivity contribution in [2.24, 2.45) is 0 Å². The maximum Gasteiger partial charge on any atom is 0.0992 e. The fourth-order valence-corrected chi connectivity index (χ4v) is 11.2. The Morgan fingerprint density at radius 2 is 0.910 bits per heavy atom. The molecule has 0 aliphatic rings. The van der Waals surface area contributed by atoms with Gasteiger partial charge in [0, 0.05) is 33.6 Å². The summed E-state index contributed by atoms with van der Waals surface area (Å²) in [6.07, 6.45) is 1.89. The summed E-state index contributed by atoms with van der Waals surface area (Å²) in [6.45, 7) is 0. The van der Waals surface area contributed by atoms with Gasteiger partial charge < -0.3 is 4.57 Å².